The van der Waals surface area contributed by atoms with Crippen LogP contribution in [0.4, 0.5) is 5.82 Å². The predicted octanol–water partition coefficient (Wildman–Crippen LogP) is 2.29. The summed E-state index contributed by atoms with van der Waals surface area (Å²) in [6.07, 6.45) is 0.859. The number of ether oxygens (including phenoxy) is 2. The molecular formula is C13H18ClN3O3. The van der Waals surface area contributed by atoms with Crippen molar-refractivity contribution in [3.63, 3.8) is 0 Å². The molecule has 1 atom stereocenters. The van der Waals surface area contributed by atoms with Crippen molar-refractivity contribution in [3.8, 4) is 0 Å². The van der Waals surface area contributed by atoms with E-state index >= 15 is 0 Å². The molecule has 6 nitrogen and oxygen atoms in total. The van der Waals surface area contributed by atoms with Crippen LogP contribution in [-0.4, -0.2) is 41.0 Å². The Morgan fingerprint density at radius 1 is 1.50 bits per heavy atom. The molecule has 20 heavy (non-hydrogen) atoms. The van der Waals surface area contributed by atoms with E-state index in [-0.39, 0.29) is 16.8 Å². The number of carbonyl (C=O) groups excluding carboxylic acids is 1. The molecule has 0 amide bonds. The maximum absolute atomic E-state index is 12.2. The van der Waals surface area contributed by atoms with Crippen LogP contribution in [0.25, 0.3) is 0 Å². The molecule has 1 aliphatic heterocycles. The third kappa shape index (κ3) is 4.05. The van der Waals surface area contributed by atoms with Crippen molar-refractivity contribution in [1.29, 1.82) is 0 Å². The van der Waals surface area contributed by atoms with Gasteiger partial charge in [0.1, 0.15) is 11.2 Å². The highest BCUT2D eigenvalue weighted by atomic mass is 35.5. The molecule has 0 aromatic carbocycles. The Morgan fingerprint density at radius 2 is 2.25 bits per heavy atom. The van der Waals surface area contributed by atoms with E-state index < -0.39 is 11.6 Å². The van der Waals surface area contributed by atoms with Gasteiger partial charge in [0, 0.05) is 6.61 Å². The van der Waals surface area contributed by atoms with Gasteiger partial charge >= 0.3 is 5.97 Å². The van der Waals surface area contributed by atoms with Crippen LogP contribution >= 0.6 is 11.6 Å². The first-order valence-corrected chi connectivity index (χ1v) is 6.84. The van der Waals surface area contributed by atoms with Gasteiger partial charge in [-0.1, -0.05) is 11.6 Å². The number of anilines is 1. The standard InChI is InChI=1S/C13H18ClN3O3/c1-13(2,3)20-12(18)9-6-10(14)16-17-11(9)15-8-4-5-19-7-8/h6,8H,4-5,7H2,1-3H3,(H,15,17). The number of aromatic nitrogens is 2. The molecule has 7 heteroatoms. The summed E-state index contributed by atoms with van der Waals surface area (Å²) in [5, 5.41) is 11.0. The summed E-state index contributed by atoms with van der Waals surface area (Å²) in [7, 11) is 0. The highest BCUT2D eigenvalue weighted by Gasteiger charge is 2.24. The molecule has 1 aliphatic rings. The van der Waals surface area contributed by atoms with Crippen molar-refractivity contribution in [2.75, 3.05) is 18.5 Å². The van der Waals surface area contributed by atoms with Crippen molar-refractivity contribution >= 4 is 23.4 Å². The minimum absolute atomic E-state index is 0.117. The molecule has 0 bridgehead atoms. The first-order chi connectivity index (χ1) is 9.35. The lowest BCUT2D eigenvalue weighted by Gasteiger charge is -2.21. The summed E-state index contributed by atoms with van der Waals surface area (Å²) < 4.78 is 10.6. The molecular weight excluding hydrogens is 282 g/mol. The zero-order chi connectivity index (χ0) is 14.8. The Balaban J connectivity index is 2.20. The number of esters is 1. The second-order valence-corrected chi connectivity index (χ2v) is 6.02. The Morgan fingerprint density at radius 3 is 2.85 bits per heavy atom. The van der Waals surface area contributed by atoms with Crippen molar-refractivity contribution in [2.24, 2.45) is 0 Å². The SMILES string of the molecule is CC(C)(C)OC(=O)c1cc(Cl)nnc1NC1CCOC1. The highest BCUT2D eigenvalue weighted by Crippen LogP contribution is 2.21. The van der Waals surface area contributed by atoms with Gasteiger partial charge in [0.15, 0.2) is 11.0 Å². The fourth-order valence-corrected chi connectivity index (χ4v) is 1.95. The number of halogens is 1. The topological polar surface area (TPSA) is 73.3 Å². The quantitative estimate of drug-likeness (QED) is 0.863. The van der Waals surface area contributed by atoms with E-state index in [0.29, 0.717) is 19.0 Å². The van der Waals surface area contributed by atoms with Crippen LogP contribution < -0.4 is 5.32 Å². The highest BCUT2D eigenvalue weighted by molar-refractivity contribution is 6.29. The van der Waals surface area contributed by atoms with Crippen molar-refractivity contribution in [1.82, 2.24) is 10.2 Å². The minimum Gasteiger partial charge on any atom is -0.456 e. The number of nitrogens with zero attached hydrogens (tertiary/aromatic N) is 2. The zero-order valence-electron chi connectivity index (χ0n) is 11.8. The van der Waals surface area contributed by atoms with Crippen LogP contribution in [0.1, 0.15) is 37.6 Å². The van der Waals surface area contributed by atoms with Crippen LogP contribution in [0.5, 0.6) is 0 Å². The van der Waals surface area contributed by atoms with E-state index in [0.717, 1.165) is 6.42 Å². The Hall–Kier alpha value is -1.40. The maximum Gasteiger partial charge on any atom is 0.342 e. The van der Waals surface area contributed by atoms with Gasteiger partial charge < -0.3 is 14.8 Å². The summed E-state index contributed by atoms with van der Waals surface area (Å²) in [5.41, 5.74) is -0.299. The molecule has 2 heterocycles. The number of carbonyl (C=O) groups is 1. The van der Waals surface area contributed by atoms with E-state index in [1.807, 2.05) is 0 Å². The van der Waals surface area contributed by atoms with Crippen LogP contribution in [0.2, 0.25) is 5.15 Å². The Labute approximate surface area is 122 Å². The minimum atomic E-state index is -0.583. The maximum atomic E-state index is 12.2. The molecule has 1 fully saturated rings. The van der Waals surface area contributed by atoms with Crippen LogP contribution in [0, 0.1) is 0 Å². The summed E-state index contributed by atoms with van der Waals surface area (Å²) in [6, 6.07) is 1.58. The van der Waals surface area contributed by atoms with Crippen LogP contribution in [-0.2, 0) is 9.47 Å². The van der Waals surface area contributed by atoms with E-state index in [4.69, 9.17) is 21.1 Å². The van der Waals surface area contributed by atoms with Crippen LogP contribution in [0.15, 0.2) is 6.07 Å². The second kappa shape index (κ2) is 5.93. The van der Waals surface area contributed by atoms with Crippen LogP contribution in [0.3, 0.4) is 0 Å². The fraction of sp³-hybridized carbons (Fsp3) is 0.615. The van der Waals surface area contributed by atoms with Crippen molar-refractivity contribution in [2.45, 2.75) is 38.8 Å². The third-order valence-corrected chi connectivity index (χ3v) is 2.84. The fourth-order valence-electron chi connectivity index (χ4n) is 1.80. The molecule has 0 saturated carbocycles. The number of hydrogen-bond acceptors (Lipinski definition) is 6. The largest absolute Gasteiger partial charge is 0.456 e. The molecule has 2 rings (SSSR count). The van der Waals surface area contributed by atoms with Gasteiger partial charge in [-0.05, 0) is 33.3 Å². The van der Waals surface area contributed by atoms with Gasteiger partial charge in [0.05, 0.1) is 12.6 Å². The van der Waals surface area contributed by atoms with Gasteiger partial charge in [0.2, 0.25) is 0 Å². The van der Waals surface area contributed by atoms with Crippen molar-refractivity contribution < 1.29 is 14.3 Å². The third-order valence-electron chi connectivity index (χ3n) is 2.65. The zero-order valence-corrected chi connectivity index (χ0v) is 12.5. The van der Waals surface area contributed by atoms with E-state index in [9.17, 15) is 4.79 Å². The van der Waals surface area contributed by atoms with Gasteiger partial charge in [-0.15, -0.1) is 10.2 Å². The molecule has 1 aromatic rings. The van der Waals surface area contributed by atoms with E-state index in [1.165, 1.54) is 6.07 Å². The molecule has 1 N–H and O–H groups in total. The lowest BCUT2D eigenvalue weighted by atomic mass is 10.2. The molecule has 110 valence electrons. The molecule has 0 radical (unpaired) electrons. The molecule has 1 aromatic heterocycles. The van der Waals surface area contributed by atoms with E-state index in [1.54, 1.807) is 20.8 Å². The summed E-state index contributed by atoms with van der Waals surface area (Å²) in [5.74, 6) is -0.102. The average Bonchev–Trinajstić information content (AvgIpc) is 2.82. The molecule has 0 aliphatic carbocycles. The number of nitrogens with one attached hydrogen (secondary N) is 1. The summed E-state index contributed by atoms with van der Waals surface area (Å²) in [4.78, 5) is 12.2. The lowest BCUT2D eigenvalue weighted by molar-refractivity contribution is 0.00700. The Kier molecular flexibility index (Phi) is 4.45. The first kappa shape index (κ1) is 15.0. The average molecular weight is 300 g/mol. The monoisotopic (exact) mass is 299 g/mol. The predicted molar refractivity (Wildman–Crippen MR) is 75.1 cm³/mol. The van der Waals surface area contributed by atoms with Gasteiger partial charge in [-0.25, -0.2) is 4.79 Å². The normalized spacial score (nSPS) is 18.9. The smallest absolute Gasteiger partial charge is 0.342 e. The first-order valence-electron chi connectivity index (χ1n) is 6.46. The van der Waals surface area contributed by atoms with Crippen molar-refractivity contribution in [3.05, 3.63) is 16.8 Å². The molecule has 1 unspecified atom stereocenters. The van der Waals surface area contributed by atoms with Gasteiger partial charge in [-0.3, -0.25) is 0 Å². The lowest BCUT2D eigenvalue weighted by Crippen LogP contribution is -2.26. The summed E-state index contributed by atoms with van der Waals surface area (Å²) >= 11 is 5.81. The summed E-state index contributed by atoms with van der Waals surface area (Å²) in [6.45, 7) is 6.69. The molecule has 0 spiro atoms. The number of hydrogen-bond donors (Lipinski definition) is 1. The Bertz CT molecular complexity index is 496. The number of rotatable bonds is 3. The molecule has 1 saturated heterocycles. The van der Waals surface area contributed by atoms with E-state index in [2.05, 4.69) is 15.5 Å². The van der Waals surface area contributed by atoms with Gasteiger partial charge in [-0.2, -0.15) is 0 Å². The second-order valence-electron chi connectivity index (χ2n) is 5.64. The van der Waals surface area contributed by atoms with Gasteiger partial charge in [0.25, 0.3) is 0 Å².